The molecule has 3 aromatic rings. The van der Waals surface area contributed by atoms with Crippen LogP contribution >= 0.6 is 11.8 Å². The molecular weight excluding hydrogens is 266 g/mol. The predicted octanol–water partition coefficient (Wildman–Crippen LogP) is 5.10. The second-order valence-corrected chi connectivity index (χ2v) is 4.93. The molecule has 0 aliphatic carbocycles. The minimum absolute atomic E-state index is 0.295. The second kappa shape index (κ2) is 4.70. The first-order valence-electron chi connectivity index (χ1n) is 5.71. The van der Waals surface area contributed by atoms with Gasteiger partial charge in [0.15, 0.2) is 0 Å². The highest BCUT2D eigenvalue weighted by molar-refractivity contribution is 7.99. The van der Waals surface area contributed by atoms with Crippen LogP contribution in [0.4, 0.5) is 8.78 Å². The minimum Gasteiger partial charge on any atom is -0.455 e. The zero-order chi connectivity index (χ0) is 13.4. The smallest absolute Gasteiger partial charge is 0.148 e. The summed E-state index contributed by atoms with van der Waals surface area (Å²) in [5.41, 5.74) is 1.41. The van der Waals surface area contributed by atoms with Crippen LogP contribution in [-0.2, 0) is 0 Å². The van der Waals surface area contributed by atoms with E-state index in [4.69, 9.17) is 4.42 Å². The molecule has 1 aromatic heterocycles. The zero-order valence-corrected chi connectivity index (χ0v) is 10.9. The molecule has 0 saturated carbocycles. The Hall–Kier alpha value is -1.81. The van der Waals surface area contributed by atoms with Crippen LogP contribution in [-0.4, -0.2) is 6.26 Å². The van der Waals surface area contributed by atoms with E-state index in [9.17, 15) is 8.78 Å². The Kier molecular flexibility index (Phi) is 3.03. The lowest BCUT2D eigenvalue weighted by Crippen LogP contribution is -1.78. The molecule has 0 amide bonds. The van der Waals surface area contributed by atoms with Crippen molar-refractivity contribution in [3.05, 3.63) is 54.1 Å². The molecule has 0 spiro atoms. The number of fused-ring (bicyclic) bond motifs is 1. The van der Waals surface area contributed by atoms with Crippen molar-refractivity contribution in [1.29, 1.82) is 0 Å². The third-order valence-electron chi connectivity index (χ3n) is 2.92. The molecule has 0 bridgehead atoms. The first-order valence-corrected chi connectivity index (χ1v) is 6.93. The van der Waals surface area contributed by atoms with Crippen molar-refractivity contribution in [2.45, 2.75) is 4.90 Å². The van der Waals surface area contributed by atoms with Crippen LogP contribution < -0.4 is 0 Å². The van der Waals surface area contributed by atoms with Gasteiger partial charge in [-0.05, 0) is 48.7 Å². The quantitative estimate of drug-likeness (QED) is 0.604. The van der Waals surface area contributed by atoms with Gasteiger partial charge in [0.25, 0.3) is 0 Å². The molecule has 96 valence electrons. The molecule has 0 aliphatic rings. The number of rotatable bonds is 2. The summed E-state index contributed by atoms with van der Waals surface area (Å²) in [6.45, 7) is 0. The van der Waals surface area contributed by atoms with Crippen molar-refractivity contribution in [2.75, 3.05) is 6.26 Å². The number of hydrogen-bond acceptors (Lipinski definition) is 2. The van der Waals surface area contributed by atoms with Gasteiger partial charge in [-0.3, -0.25) is 0 Å². The Morgan fingerprint density at radius 2 is 1.63 bits per heavy atom. The molecule has 2 aromatic carbocycles. The Morgan fingerprint density at radius 1 is 0.947 bits per heavy atom. The van der Waals surface area contributed by atoms with Gasteiger partial charge >= 0.3 is 0 Å². The fourth-order valence-electron chi connectivity index (χ4n) is 2.04. The van der Waals surface area contributed by atoms with E-state index < -0.39 is 0 Å². The molecule has 19 heavy (non-hydrogen) atoms. The van der Waals surface area contributed by atoms with Crippen molar-refractivity contribution in [3.8, 4) is 11.3 Å². The topological polar surface area (TPSA) is 13.1 Å². The largest absolute Gasteiger partial charge is 0.455 e. The summed E-state index contributed by atoms with van der Waals surface area (Å²) in [4.78, 5) is 0.862. The van der Waals surface area contributed by atoms with E-state index >= 15 is 0 Å². The molecule has 0 saturated heterocycles. The van der Waals surface area contributed by atoms with Crippen molar-refractivity contribution < 1.29 is 13.2 Å². The fourth-order valence-corrected chi connectivity index (χ4v) is 2.77. The zero-order valence-electron chi connectivity index (χ0n) is 10.1. The van der Waals surface area contributed by atoms with Gasteiger partial charge in [-0.25, -0.2) is 8.78 Å². The SMILES string of the molecule is CSc1c(-c2ccc(F)cc2)oc2ccc(F)cc12. The number of furan rings is 1. The average molecular weight is 276 g/mol. The Balaban J connectivity index is 2.25. The molecule has 4 heteroatoms. The highest BCUT2D eigenvalue weighted by atomic mass is 32.2. The summed E-state index contributed by atoms with van der Waals surface area (Å²) >= 11 is 1.49. The summed E-state index contributed by atoms with van der Waals surface area (Å²) in [6.07, 6.45) is 1.90. The highest BCUT2D eigenvalue weighted by Crippen LogP contribution is 2.39. The third-order valence-corrected chi connectivity index (χ3v) is 3.73. The van der Waals surface area contributed by atoms with Gasteiger partial charge in [-0.15, -0.1) is 11.8 Å². The number of hydrogen-bond donors (Lipinski definition) is 0. The summed E-state index contributed by atoms with van der Waals surface area (Å²) in [5, 5.41) is 0.742. The molecule has 0 N–H and O–H groups in total. The molecule has 1 nitrogen and oxygen atoms in total. The van der Waals surface area contributed by atoms with Gasteiger partial charge in [-0.2, -0.15) is 0 Å². The van der Waals surface area contributed by atoms with Gasteiger partial charge in [0, 0.05) is 10.9 Å². The lowest BCUT2D eigenvalue weighted by Gasteiger charge is -2.00. The van der Waals surface area contributed by atoms with Gasteiger partial charge < -0.3 is 4.42 Å². The van der Waals surface area contributed by atoms with Crippen LogP contribution in [0.1, 0.15) is 0 Å². The molecule has 0 radical (unpaired) electrons. The minimum atomic E-state index is -0.297. The first-order chi connectivity index (χ1) is 9.19. The first kappa shape index (κ1) is 12.2. The standard InChI is InChI=1S/C15H10F2OS/c1-19-15-12-8-11(17)6-7-13(12)18-14(15)9-2-4-10(16)5-3-9/h2-8H,1H3. The van der Waals surface area contributed by atoms with Crippen LogP contribution in [0.25, 0.3) is 22.3 Å². The molecule has 0 fully saturated rings. The van der Waals surface area contributed by atoms with Crippen LogP contribution in [0.2, 0.25) is 0 Å². The third kappa shape index (κ3) is 2.12. The molecule has 0 atom stereocenters. The van der Waals surface area contributed by atoms with Crippen LogP contribution in [0.5, 0.6) is 0 Å². The van der Waals surface area contributed by atoms with Gasteiger partial charge in [0.2, 0.25) is 0 Å². The molecule has 1 heterocycles. The molecular formula is C15H10F2OS. The van der Waals surface area contributed by atoms with E-state index in [0.717, 1.165) is 15.8 Å². The fraction of sp³-hybridized carbons (Fsp3) is 0.0667. The van der Waals surface area contributed by atoms with E-state index in [1.165, 1.54) is 36.0 Å². The van der Waals surface area contributed by atoms with E-state index in [2.05, 4.69) is 0 Å². The maximum absolute atomic E-state index is 13.3. The number of halogens is 2. The van der Waals surface area contributed by atoms with E-state index in [0.29, 0.717) is 11.3 Å². The van der Waals surface area contributed by atoms with Gasteiger partial charge in [0.05, 0.1) is 4.90 Å². The lowest BCUT2D eigenvalue weighted by molar-refractivity contribution is 0.614. The predicted molar refractivity (Wildman–Crippen MR) is 73.3 cm³/mol. The molecule has 3 rings (SSSR count). The number of benzene rings is 2. The van der Waals surface area contributed by atoms with E-state index in [1.54, 1.807) is 18.2 Å². The normalized spacial score (nSPS) is 11.1. The van der Waals surface area contributed by atoms with Crippen molar-refractivity contribution in [1.82, 2.24) is 0 Å². The second-order valence-electron chi connectivity index (χ2n) is 4.11. The number of thioether (sulfide) groups is 1. The maximum Gasteiger partial charge on any atom is 0.148 e. The van der Waals surface area contributed by atoms with E-state index in [-0.39, 0.29) is 11.6 Å². The average Bonchev–Trinajstić information content (AvgIpc) is 2.77. The maximum atomic E-state index is 13.3. The summed E-state index contributed by atoms with van der Waals surface area (Å²) in [7, 11) is 0. The van der Waals surface area contributed by atoms with Crippen molar-refractivity contribution >= 4 is 22.7 Å². The highest BCUT2D eigenvalue weighted by Gasteiger charge is 2.15. The van der Waals surface area contributed by atoms with Gasteiger partial charge in [-0.1, -0.05) is 0 Å². The molecule has 0 unspecified atom stereocenters. The monoisotopic (exact) mass is 276 g/mol. The Bertz CT molecular complexity index is 732. The Morgan fingerprint density at radius 3 is 2.32 bits per heavy atom. The van der Waals surface area contributed by atoms with E-state index in [1.807, 2.05) is 6.26 Å². The Labute approximate surface area is 113 Å². The van der Waals surface area contributed by atoms with Crippen LogP contribution in [0.15, 0.2) is 51.8 Å². The summed E-state index contributed by atoms with van der Waals surface area (Å²) in [5.74, 6) is 0.0546. The van der Waals surface area contributed by atoms with Crippen molar-refractivity contribution in [3.63, 3.8) is 0 Å². The van der Waals surface area contributed by atoms with Gasteiger partial charge in [0.1, 0.15) is 23.0 Å². The summed E-state index contributed by atoms with van der Waals surface area (Å²) < 4.78 is 32.0. The van der Waals surface area contributed by atoms with Crippen LogP contribution in [0.3, 0.4) is 0 Å². The summed E-state index contributed by atoms with van der Waals surface area (Å²) in [6, 6.07) is 10.5. The van der Waals surface area contributed by atoms with Crippen molar-refractivity contribution in [2.24, 2.45) is 0 Å². The molecule has 0 aliphatic heterocycles. The van der Waals surface area contributed by atoms with Crippen LogP contribution in [0, 0.1) is 11.6 Å². The lowest BCUT2D eigenvalue weighted by atomic mass is 10.1.